The highest BCUT2D eigenvalue weighted by Gasteiger charge is 2.28. The van der Waals surface area contributed by atoms with E-state index >= 15 is 0 Å². The second kappa shape index (κ2) is 8.11. The zero-order valence-corrected chi connectivity index (χ0v) is 16.3. The van der Waals surface area contributed by atoms with Crippen LogP contribution in [0.4, 0.5) is 0 Å². The summed E-state index contributed by atoms with van der Waals surface area (Å²) in [7, 11) is -5.86. The van der Waals surface area contributed by atoms with Crippen LogP contribution in [-0.2, 0) is 19.7 Å². The average molecular weight is 415 g/mol. The molecule has 0 unspecified atom stereocenters. The van der Waals surface area contributed by atoms with Crippen LogP contribution in [0.25, 0.3) is 0 Å². The summed E-state index contributed by atoms with van der Waals surface area (Å²) in [6.45, 7) is 1.02. The first-order valence-corrected chi connectivity index (χ1v) is 12.1. The van der Waals surface area contributed by atoms with E-state index in [1.54, 1.807) is 0 Å². The Labute approximate surface area is 153 Å². The Balaban J connectivity index is 1.56. The second-order valence-electron chi connectivity index (χ2n) is 6.00. The minimum atomic E-state index is -2.93. The lowest BCUT2D eigenvalue weighted by Crippen LogP contribution is -2.47. The lowest BCUT2D eigenvalue weighted by molar-refractivity contribution is 0.597. The highest BCUT2D eigenvalue weighted by molar-refractivity contribution is 7.92. The fourth-order valence-corrected chi connectivity index (χ4v) is 6.53. The van der Waals surface area contributed by atoms with Crippen molar-refractivity contribution in [3.63, 3.8) is 0 Å². The van der Waals surface area contributed by atoms with E-state index in [2.05, 4.69) is 21.3 Å². The molecule has 0 aromatic carbocycles. The zero-order chi connectivity index (χ0) is 17.8. The maximum Gasteiger partial charge on any atom is 0.166 e. The molecular formula is C12H22N4O4S4. The van der Waals surface area contributed by atoms with Gasteiger partial charge in [-0.25, -0.2) is 16.8 Å². The molecule has 0 aliphatic carbocycles. The van der Waals surface area contributed by atoms with E-state index in [0.717, 1.165) is 0 Å². The number of hydrogen-bond donors (Lipinski definition) is 4. The van der Waals surface area contributed by atoms with E-state index in [0.29, 0.717) is 36.2 Å². The van der Waals surface area contributed by atoms with Gasteiger partial charge in [-0.05, 0) is 37.3 Å². The molecule has 0 aromatic rings. The number of sulfone groups is 2. The molecule has 2 atom stereocenters. The van der Waals surface area contributed by atoms with Crippen LogP contribution < -0.4 is 21.3 Å². The van der Waals surface area contributed by atoms with Crippen LogP contribution in [0.2, 0.25) is 0 Å². The van der Waals surface area contributed by atoms with Crippen molar-refractivity contribution in [3.8, 4) is 0 Å². The first-order valence-electron chi connectivity index (χ1n) is 7.65. The Hall–Kier alpha value is -0.720. The van der Waals surface area contributed by atoms with E-state index in [1.807, 2.05) is 0 Å². The highest BCUT2D eigenvalue weighted by Crippen LogP contribution is 2.11. The fourth-order valence-electron chi connectivity index (χ4n) is 2.64. The number of hydrogen-bond acceptors (Lipinski definition) is 6. The molecule has 0 saturated carbocycles. The normalized spacial score (nSPS) is 27.3. The van der Waals surface area contributed by atoms with Crippen LogP contribution in [0.5, 0.6) is 0 Å². The molecule has 2 saturated heterocycles. The van der Waals surface area contributed by atoms with Gasteiger partial charge in [-0.3, -0.25) is 0 Å². The van der Waals surface area contributed by atoms with Gasteiger partial charge in [0.25, 0.3) is 0 Å². The van der Waals surface area contributed by atoms with E-state index in [4.69, 9.17) is 24.4 Å². The topological polar surface area (TPSA) is 116 Å². The van der Waals surface area contributed by atoms with Gasteiger partial charge in [-0.15, -0.1) is 0 Å². The minimum Gasteiger partial charge on any atom is -0.361 e. The summed E-state index contributed by atoms with van der Waals surface area (Å²) in [4.78, 5) is 0. The molecule has 0 amide bonds. The molecule has 2 heterocycles. The third-order valence-electron chi connectivity index (χ3n) is 3.83. The summed E-state index contributed by atoms with van der Waals surface area (Å²) in [5.74, 6) is 0.633. The largest absolute Gasteiger partial charge is 0.361 e. The van der Waals surface area contributed by atoms with Gasteiger partial charge in [-0.1, -0.05) is 0 Å². The van der Waals surface area contributed by atoms with Crippen LogP contribution in [0, 0.1) is 0 Å². The van der Waals surface area contributed by atoms with Gasteiger partial charge >= 0.3 is 0 Å². The minimum absolute atomic E-state index is 0.116. The summed E-state index contributed by atoms with van der Waals surface area (Å²) in [5, 5.41) is 12.8. The molecule has 2 fully saturated rings. The van der Waals surface area contributed by atoms with Crippen molar-refractivity contribution in [2.24, 2.45) is 0 Å². The molecule has 12 heteroatoms. The van der Waals surface area contributed by atoms with Crippen LogP contribution in [-0.4, -0.2) is 75.2 Å². The lowest BCUT2D eigenvalue weighted by Gasteiger charge is -2.17. The van der Waals surface area contributed by atoms with Crippen LogP contribution in [0.3, 0.4) is 0 Å². The molecule has 8 nitrogen and oxygen atoms in total. The molecule has 0 aromatic heterocycles. The molecule has 0 bridgehead atoms. The maximum absolute atomic E-state index is 11.4. The Morgan fingerprint density at radius 2 is 1.17 bits per heavy atom. The third-order valence-corrected chi connectivity index (χ3v) is 7.89. The molecule has 24 heavy (non-hydrogen) atoms. The fraction of sp³-hybridized carbons (Fsp3) is 0.833. The van der Waals surface area contributed by atoms with Crippen molar-refractivity contribution in [1.82, 2.24) is 21.3 Å². The van der Waals surface area contributed by atoms with Gasteiger partial charge in [0.2, 0.25) is 0 Å². The smallest absolute Gasteiger partial charge is 0.166 e. The SMILES string of the molecule is O=S1(=O)CC[C@@H](NC(=S)NCCNC(=S)N[C@H]2CCS(=O)(=O)C2)C1. The molecule has 0 spiro atoms. The van der Waals surface area contributed by atoms with Gasteiger partial charge in [0.05, 0.1) is 23.0 Å². The molecule has 138 valence electrons. The summed E-state index contributed by atoms with van der Waals surface area (Å²) in [6, 6.07) is -0.259. The van der Waals surface area contributed by atoms with Crippen LogP contribution in [0.15, 0.2) is 0 Å². The maximum atomic E-state index is 11.4. The molecular weight excluding hydrogens is 392 g/mol. The molecule has 2 aliphatic heterocycles. The van der Waals surface area contributed by atoms with Gasteiger partial charge in [0.1, 0.15) is 0 Å². The van der Waals surface area contributed by atoms with E-state index < -0.39 is 19.7 Å². The first kappa shape index (κ1) is 19.6. The first-order chi connectivity index (χ1) is 11.2. The molecule has 4 N–H and O–H groups in total. The monoisotopic (exact) mass is 414 g/mol. The van der Waals surface area contributed by atoms with Gasteiger partial charge in [0.15, 0.2) is 29.9 Å². The van der Waals surface area contributed by atoms with Crippen molar-refractivity contribution < 1.29 is 16.8 Å². The number of nitrogens with one attached hydrogen (secondary N) is 4. The summed E-state index contributed by atoms with van der Waals surface area (Å²) in [5.41, 5.74) is 0. The van der Waals surface area contributed by atoms with E-state index in [1.165, 1.54) is 0 Å². The standard InChI is InChI=1S/C12H22N4O4S4/c17-23(18)5-1-9(7-23)15-11(21)13-3-4-14-12(22)16-10-2-6-24(19,20)8-10/h9-10H,1-8H2,(H2,13,15,21)(H2,14,16,22)/t9-,10+. The Kier molecular flexibility index (Phi) is 6.62. The highest BCUT2D eigenvalue weighted by atomic mass is 32.2. The van der Waals surface area contributed by atoms with Gasteiger partial charge in [-0.2, -0.15) is 0 Å². The number of thiocarbonyl (C=S) groups is 2. The molecule has 0 radical (unpaired) electrons. The lowest BCUT2D eigenvalue weighted by atomic mass is 10.3. The summed E-state index contributed by atoms with van der Waals surface area (Å²) < 4.78 is 45.5. The predicted octanol–water partition coefficient (Wildman–Crippen LogP) is -1.71. The van der Waals surface area contributed by atoms with E-state index in [9.17, 15) is 16.8 Å². The Morgan fingerprint density at radius 3 is 1.46 bits per heavy atom. The average Bonchev–Trinajstić information content (AvgIpc) is 2.96. The van der Waals surface area contributed by atoms with Crippen molar-refractivity contribution in [1.29, 1.82) is 0 Å². The van der Waals surface area contributed by atoms with E-state index in [-0.39, 0.29) is 35.1 Å². The summed E-state index contributed by atoms with van der Waals surface area (Å²) in [6.07, 6.45) is 1.14. The zero-order valence-electron chi connectivity index (χ0n) is 13.1. The summed E-state index contributed by atoms with van der Waals surface area (Å²) >= 11 is 10.3. The quantitative estimate of drug-likeness (QED) is 0.306. The van der Waals surface area contributed by atoms with Crippen molar-refractivity contribution in [2.75, 3.05) is 36.1 Å². The molecule has 2 aliphatic rings. The number of rotatable bonds is 5. The Morgan fingerprint density at radius 1 is 0.792 bits per heavy atom. The molecule has 2 rings (SSSR count). The van der Waals surface area contributed by atoms with Crippen molar-refractivity contribution in [3.05, 3.63) is 0 Å². The van der Waals surface area contributed by atoms with Gasteiger partial charge < -0.3 is 21.3 Å². The second-order valence-corrected chi connectivity index (χ2v) is 11.3. The third kappa shape index (κ3) is 6.65. The van der Waals surface area contributed by atoms with Crippen molar-refractivity contribution >= 4 is 54.3 Å². The van der Waals surface area contributed by atoms with Crippen LogP contribution in [0.1, 0.15) is 12.8 Å². The van der Waals surface area contributed by atoms with Gasteiger partial charge in [0, 0.05) is 25.2 Å². The predicted molar refractivity (Wildman–Crippen MR) is 102 cm³/mol. The van der Waals surface area contributed by atoms with Crippen LogP contribution >= 0.6 is 24.4 Å². The Bertz CT molecular complexity index is 632. The van der Waals surface area contributed by atoms with Crippen molar-refractivity contribution in [2.45, 2.75) is 24.9 Å².